The van der Waals surface area contributed by atoms with Crippen LogP contribution in [0.15, 0.2) is 27.6 Å². The second-order valence-electron chi connectivity index (χ2n) is 1.49. The van der Waals surface area contributed by atoms with Crippen molar-refractivity contribution in [3.63, 3.8) is 0 Å². The van der Waals surface area contributed by atoms with Crippen LogP contribution >= 0.6 is 15.9 Å². The maximum absolute atomic E-state index is 10.1. The van der Waals surface area contributed by atoms with Gasteiger partial charge < -0.3 is 15.2 Å². The Morgan fingerprint density at radius 3 is 2.27 bits per heavy atom. The fourth-order valence-electron chi connectivity index (χ4n) is 0.340. The fourth-order valence-corrected chi connectivity index (χ4v) is 0.518. The zero-order chi connectivity index (χ0) is 9.02. The summed E-state index contributed by atoms with van der Waals surface area (Å²) < 4.78 is -0.00315. The van der Waals surface area contributed by atoms with Crippen molar-refractivity contribution >= 4 is 22.6 Å². The summed E-state index contributed by atoms with van der Waals surface area (Å²) in [4.78, 5) is 12.2. The van der Waals surface area contributed by atoms with Crippen LogP contribution in [0.4, 0.5) is 0 Å². The molecule has 0 saturated carbocycles. The first-order valence-electron chi connectivity index (χ1n) is 2.39. The summed E-state index contributed by atoms with van der Waals surface area (Å²) in [6.45, 7) is 6.14. The van der Waals surface area contributed by atoms with E-state index < -0.39 is 16.5 Å². The van der Waals surface area contributed by atoms with Gasteiger partial charge in [0.1, 0.15) is 6.72 Å². The third-order valence-corrected chi connectivity index (χ3v) is 1.17. The fraction of sp³-hybridized carbons (Fsp3) is 0. The third-order valence-electron chi connectivity index (χ3n) is 0.791. The molecular formula is C5H5BrN2O3. The molecule has 0 atom stereocenters. The minimum absolute atomic E-state index is 0.00315. The molecule has 0 bridgehead atoms. The highest BCUT2D eigenvalue weighted by Crippen LogP contribution is 2.16. The Morgan fingerprint density at radius 1 is 1.73 bits per heavy atom. The van der Waals surface area contributed by atoms with Crippen molar-refractivity contribution in [2.24, 2.45) is 4.99 Å². The Bertz CT molecular complexity index is 246. The van der Waals surface area contributed by atoms with Crippen LogP contribution in [0.3, 0.4) is 0 Å². The van der Waals surface area contributed by atoms with E-state index in [0.717, 1.165) is 0 Å². The van der Waals surface area contributed by atoms with E-state index in [1.807, 2.05) is 0 Å². The van der Waals surface area contributed by atoms with Crippen molar-refractivity contribution in [3.05, 3.63) is 32.8 Å². The molecule has 0 rings (SSSR count). The lowest BCUT2D eigenvalue weighted by atomic mass is 10.5. The summed E-state index contributed by atoms with van der Waals surface area (Å²) in [7, 11) is 0. The number of hydrogen-bond donors (Lipinski definition) is 1. The molecule has 0 saturated heterocycles. The highest BCUT2D eigenvalue weighted by molar-refractivity contribution is 9.11. The molecule has 0 aromatic carbocycles. The average molecular weight is 221 g/mol. The van der Waals surface area contributed by atoms with E-state index in [-0.39, 0.29) is 4.48 Å². The molecule has 0 fully saturated rings. The average Bonchev–Trinajstić information content (AvgIpc) is 1.88. The molecule has 0 heterocycles. The van der Waals surface area contributed by atoms with Crippen LogP contribution in [0.1, 0.15) is 0 Å². The summed E-state index contributed by atoms with van der Waals surface area (Å²) in [5.74, 6) is -1.34. The van der Waals surface area contributed by atoms with Gasteiger partial charge in [0, 0.05) is 0 Å². The summed E-state index contributed by atoms with van der Waals surface area (Å²) in [6, 6.07) is 0. The van der Waals surface area contributed by atoms with Crippen LogP contribution in [0.25, 0.3) is 0 Å². The Morgan fingerprint density at radius 2 is 2.18 bits per heavy atom. The van der Waals surface area contributed by atoms with Crippen LogP contribution in [0.5, 0.6) is 0 Å². The minimum atomic E-state index is -0.852. The number of nitrogens with zero attached hydrogens (tertiary/aromatic N) is 2. The van der Waals surface area contributed by atoms with E-state index in [1.165, 1.54) is 0 Å². The maximum atomic E-state index is 10.1. The molecule has 1 N–H and O–H groups in total. The second-order valence-corrected chi connectivity index (χ2v) is 2.45. The van der Waals surface area contributed by atoms with E-state index in [0.29, 0.717) is 0 Å². The number of rotatable bonds is 3. The van der Waals surface area contributed by atoms with Crippen molar-refractivity contribution in [1.29, 1.82) is 0 Å². The number of hydrogen-bond acceptors (Lipinski definition) is 4. The van der Waals surface area contributed by atoms with Crippen molar-refractivity contribution in [2.75, 3.05) is 0 Å². The Kier molecular flexibility index (Phi) is 3.46. The first-order chi connectivity index (χ1) is 5.00. The van der Waals surface area contributed by atoms with Gasteiger partial charge in [-0.1, -0.05) is 11.6 Å². The number of aliphatic hydroxyl groups is 1. The lowest BCUT2D eigenvalue weighted by Gasteiger charge is -1.95. The minimum Gasteiger partial charge on any atom is -0.500 e. The topological polar surface area (TPSA) is 75.7 Å². The molecule has 0 aliphatic heterocycles. The van der Waals surface area contributed by atoms with E-state index >= 15 is 0 Å². The molecule has 60 valence electrons. The number of allylic oxidation sites excluding steroid dienone is 1. The van der Waals surface area contributed by atoms with Gasteiger partial charge in [-0.25, -0.2) is 0 Å². The Hall–Kier alpha value is -1.17. The number of nitro groups is 1. The van der Waals surface area contributed by atoms with Gasteiger partial charge >= 0.3 is 5.82 Å². The largest absolute Gasteiger partial charge is 0.500 e. The second kappa shape index (κ2) is 3.87. The van der Waals surface area contributed by atoms with Crippen LogP contribution in [0.2, 0.25) is 0 Å². The highest BCUT2D eigenvalue weighted by Gasteiger charge is 2.16. The molecule has 6 heteroatoms. The van der Waals surface area contributed by atoms with Gasteiger partial charge in [-0.05, 0) is 20.9 Å². The summed E-state index contributed by atoms with van der Waals surface area (Å²) in [6.07, 6.45) is 0. The van der Waals surface area contributed by atoms with E-state index in [2.05, 4.69) is 34.2 Å². The van der Waals surface area contributed by atoms with Crippen molar-refractivity contribution in [2.45, 2.75) is 0 Å². The third kappa shape index (κ3) is 2.50. The zero-order valence-electron chi connectivity index (χ0n) is 5.45. The number of aliphatic imine (C=N–C) groups is 1. The molecule has 0 spiro atoms. The van der Waals surface area contributed by atoms with Crippen LogP contribution in [0, 0.1) is 10.1 Å². The molecule has 0 aliphatic carbocycles. The quantitative estimate of drug-likeness (QED) is 0.258. The lowest BCUT2D eigenvalue weighted by molar-refractivity contribution is -0.428. The van der Waals surface area contributed by atoms with E-state index in [9.17, 15) is 10.1 Å². The number of aliphatic hydroxyl groups excluding tert-OH is 1. The van der Waals surface area contributed by atoms with Crippen molar-refractivity contribution in [3.8, 4) is 0 Å². The molecule has 0 radical (unpaired) electrons. The maximum Gasteiger partial charge on any atom is 0.406 e. The normalized spacial score (nSPS) is 11.7. The summed E-state index contributed by atoms with van der Waals surface area (Å²) in [5.41, 5.74) is 0. The van der Waals surface area contributed by atoms with Gasteiger partial charge in [-0.15, -0.1) is 0 Å². The molecule has 0 aromatic heterocycles. The van der Waals surface area contributed by atoms with Gasteiger partial charge in [-0.3, -0.25) is 0 Å². The van der Waals surface area contributed by atoms with Crippen LogP contribution < -0.4 is 0 Å². The lowest BCUT2D eigenvalue weighted by Crippen LogP contribution is -2.00. The summed E-state index contributed by atoms with van der Waals surface area (Å²) >= 11 is 2.75. The predicted octanol–water partition coefficient (Wildman–Crippen LogP) is 1.60. The standard InChI is InChI=1S/C5H5BrN2O3/c1-3(6)4(9)5(7-2)8(10)11/h9H,1-2H2/b5-4-. The smallest absolute Gasteiger partial charge is 0.406 e. The molecule has 0 aromatic rings. The molecule has 11 heavy (non-hydrogen) atoms. The predicted molar refractivity (Wildman–Crippen MR) is 44.3 cm³/mol. The SMILES string of the molecule is C=N/C(=C(/O)C(=C)Br)[N+](=O)[O-]. The van der Waals surface area contributed by atoms with E-state index in [4.69, 9.17) is 5.11 Å². The van der Waals surface area contributed by atoms with Gasteiger partial charge in [0.05, 0.1) is 4.48 Å². The van der Waals surface area contributed by atoms with E-state index in [1.54, 1.807) is 0 Å². The molecule has 0 aliphatic rings. The van der Waals surface area contributed by atoms with Crippen molar-refractivity contribution < 1.29 is 10.0 Å². The molecule has 5 nitrogen and oxygen atoms in total. The first kappa shape index (κ1) is 9.83. The van der Waals surface area contributed by atoms with Crippen molar-refractivity contribution in [1.82, 2.24) is 0 Å². The first-order valence-corrected chi connectivity index (χ1v) is 3.19. The Balaban J connectivity index is 4.99. The number of halogens is 1. The molecule has 0 unspecified atom stereocenters. The van der Waals surface area contributed by atoms with Gasteiger partial charge in [0.25, 0.3) is 0 Å². The highest BCUT2D eigenvalue weighted by atomic mass is 79.9. The van der Waals surface area contributed by atoms with Gasteiger partial charge in [-0.2, -0.15) is 0 Å². The summed E-state index contributed by atoms with van der Waals surface area (Å²) in [5, 5.41) is 19.0. The molecular weight excluding hydrogens is 216 g/mol. The zero-order valence-corrected chi connectivity index (χ0v) is 7.04. The van der Waals surface area contributed by atoms with Crippen LogP contribution in [-0.4, -0.2) is 16.7 Å². The monoisotopic (exact) mass is 220 g/mol. The van der Waals surface area contributed by atoms with Gasteiger partial charge in [0.15, 0.2) is 0 Å². The van der Waals surface area contributed by atoms with Gasteiger partial charge in [0.2, 0.25) is 5.76 Å². The Labute approximate surface area is 71.0 Å². The molecule has 0 amide bonds. The van der Waals surface area contributed by atoms with Crippen LogP contribution in [-0.2, 0) is 0 Å².